The Morgan fingerprint density at radius 2 is 1.61 bits per heavy atom. The standard InChI is InChI=1S/C23H22N2O6/c1-30-20(26)12-11-17(25-21(27)18-9-5-6-10-19(18)22(25)28)13-14-24-23(29)31-15-16-7-3-2-4-8-16/h2-12,17H,13-15H2,1H3,(H,24,29)/b12-11+. The molecule has 1 heterocycles. The molecular formula is C23H22N2O6. The zero-order valence-electron chi connectivity index (χ0n) is 16.9. The van der Waals surface area contributed by atoms with E-state index in [0.717, 1.165) is 16.5 Å². The molecule has 3 rings (SSSR count). The number of benzene rings is 2. The number of amides is 3. The van der Waals surface area contributed by atoms with Crippen molar-refractivity contribution in [2.75, 3.05) is 13.7 Å². The highest BCUT2D eigenvalue weighted by Crippen LogP contribution is 2.26. The normalized spacial score (nSPS) is 13.8. The number of nitrogens with zero attached hydrogens (tertiary/aromatic N) is 1. The lowest BCUT2D eigenvalue weighted by molar-refractivity contribution is -0.134. The van der Waals surface area contributed by atoms with E-state index in [4.69, 9.17) is 4.74 Å². The highest BCUT2D eigenvalue weighted by molar-refractivity contribution is 6.21. The first kappa shape index (κ1) is 21.8. The summed E-state index contributed by atoms with van der Waals surface area (Å²) in [6.45, 7) is 0.244. The molecule has 0 spiro atoms. The maximum absolute atomic E-state index is 12.8. The van der Waals surface area contributed by atoms with Crippen LogP contribution < -0.4 is 5.32 Å². The lowest BCUT2D eigenvalue weighted by atomic mass is 10.1. The van der Waals surface area contributed by atoms with E-state index in [0.29, 0.717) is 11.1 Å². The lowest BCUT2D eigenvalue weighted by Crippen LogP contribution is -2.41. The Morgan fingerprint density at radius 3 is 2.23 bits per heavy atom. The molecule has 3 amide bonds. The second kappa shape index (κ2) is 10.2. The first-order chi connectivity index (χ1) is 15.0. The van der Waals surface area contributed by atoms with Crippen LogP contribution in [0.2, 0.25) is 0 Å². The second-order valence-corrected chi connectivity index (χ2v) is 6.75. The molecule has 0 fully saturated rings. The molecule has 0 aliphatic carbocycles. The third-order valence-electron chi connectivity index (χ3n) is 4.73. The van der Waals surface area contributed by atoms with Gasteiger partial charge in [-0.25, -0.2) is 9.59 Å². The largest absolute Gasteiger partial charge is 0.466 e. The molecule has 0 saturated carbocycles. The van der Waals surface area contributed by atoms with Gasteiger partial charge in [-0.2, -0.15) is 0 Å². The molecule has 0 aromatic heterocycles. The minimum atomic E-state index is -0.749. The summed E-state index contributed by atoms with van der Waals surface area (Å²) < 4.78 is 9.75. The number of hydrogen-bond acceptors (Lipinski definition) is 6. The lowest BCUT2D eigenvalue weighted by Gasteiger charge is -2.23. The average molecular weight is 422 g/mol. The van der Waals surface area contributed by atoms with Crippen LogP contribution in [-0.2, 0) is 20.9 Å². The van der Waals surface area contributed by atoms with Crippen LogP contribution in [-0.4, -0.2) is 48.5 Å². The summed E-state index contributed by atoms with van der Waals surface area (Å²) in [5.74, 6) is -1.52. The fourth-order valence-corrected chi connectivity index (χ4v) is 3.17. The second-order valence-electron chi connectivity index (χ2n) is 6.75. The van der Waals surface area contributed by atoms with Gasteiger partial charge in [0, 0.05) is 12.6 Å². The number of nitrogens with one attached hydrogen (secondary N) is 1. The van der Waals surface area contributed by atoms with E-state index in [1.807, 2.05) is 30.3 Å². The van der Waals surface area contributed by atoms with Gasteiger partial charge in [-0.15, -0.1) is 0 Å². The molecule has 1 atom stereocenters. The molecule has 31 heavy (non-hydrogen) atoms. The molecule has 2 aromatic rings. The van der Waals surface area contributed by atoms with E-state index in [2.05, 4.69) is 10.1 Å². The number of hydrogen-bond donors (Lipinski definition) is 1. The van der Waals surface area contributed by atoms with Gasteiger partial charge in [0.2, 0.25) is 0 Å². The minimum Gasteiger partial charge on any atom is -0.466 e. The number of fused-ring (bicyclic) bond motifs is 1. The van der Waals surface area contributed by atoms with Crippen LogP contribution in [0.15, 0.2) is 66.7 Å². The zero-order valence-corrected chi connectivity index (χ0v) is 16.9. The van der Waals surface area contributed by atoms with Crippen LogP contribution in [0.25, 0.3) is 0 Å². The Labute approximate surface area is 179 Å². The van der Waals surface area contributed by atoms with E-state index < -0.39 is 29.9 Å². The quantitative estimate of drug-likeness (QED) is 0.399. The molecule has 1 unspecified atom stereocenters. The molecule has 8 heteroatoms. The minimum absolute atomic E-state index is 0.122. The Bertz CT molecular complexity index is 967. The van der Waals surface area contributed by atoms with Crippen molar-refractivity contribution in [1.82, 2.24) is 10.2 Å². The van der Waals surface area contributed by atoms with E-state index in [1.54, 1.807) is 24.3 Å². The summed E-state index contributed by atoms with van der Waals surface area (Å²) in [6, 6.07) is 15.0. The number of esters is 1. The summed E-state index contributed by atoms with van der Waals surface area (Å²) in [5, 5.41) is 2.60. The van der Waals surface area contributed by atoms with Crippen molar-refractivity contribution < 1.29 is 28.7 Å². The molecule has 0 bridgehead atoms. The maximum Gasteiger partial charge on any atom is 0.407 e. The SMILES string of the molecule is COC(=O)/C=C/C(CCNC(=O)OCc1ccccc1)N1C(=O)c2ccccc2C1=O. The summed E-state index contributed by atoms with van der Waals surface area (Å²) in [5.41, 5.74) is 1.46. The van der Waals surface area contributed by atoms with Crippen molar-refractivity contribution in [1.29, 1.82) is 0 Å². The van der Waals surface area contributed by atoms with Crippen molar-refractivity contribution >= 4 is 23.9 Å². The third kappa shape index (κ3) is 5.36. The fourth-order valence-electron chi connectivity index (χ4n) is 3.17. The van der Waals surface area contributed by atoms with Gasteiger partial charge in [-0.1, -0.05) is 48.5 Å². The molecule has 0 radical (unpaired) electrons. The van der Waals surface area contributed by atoms with Crippen LogP contribution in [0.4, 0.5) is 4.79 Å². The van der Waals surface area contributed by atoms with Crippen LogP contribution in [0.3, 0.4) is 0 Å². The highest BCUT2D eigenvalue weighted by Gasteiger charge is 2.38. The molecule has 0 saturated heterocycles. The first-order valence-electron chi connectivity index (χ1n) is 9.69. The summed E-state index contributed by atoms with van der Waals surface area (Å²) >= 11 is 0. The van der Waals surface area contributed by atoms with Crippen molar-refractivity contribution in [3.05, 3.63) is 83.4 Å². The Balaban J connectivity index is 1.63. The van der Waals surface area contributed by atoms with E-state index >= 15 is 0 Å². The maximum atomic E-state index is 12.8. The van der Waals surface area contributed by atoms with Crippen LogP contribution >= 0.6 is 0 Å². The van der Waals surface area contributed by atoms with Crippen molar-refractivity contribution in [2.24, 2.45) is 0 Å². The smallest absolute Gasteiger partial charge is 0.407 e. The van der Waals surface area contributed by atoms with Gasteiger partial charge < -0.3 is 14.8 Å². The number of alkyl carbamates (subject to hydrolysis) is 1. The van der Waals surface area contributed by atoms with Crippen molar-refractivity contribution in [2.45, 2.75) is 19.1 Å². The summed E-state index contributed by atoms with van der Waals surface area (Å²) in [6.07, 6.45) is 2.15. The Kier molecular flexibility index (Phi) is 7.16. The van der Waals surface area contributed by atoms with Crippen molar-refractivity contribution in [3.8, 4) is 0 Å². The Hall–Kier alpha value is -3.94. The van der Waals surface area contributed by atoms with Crippen LogP contribution in [0.5, 0.6) is 0 Å². The van der Waals surface area contributed by atoms with Gasteiger partial charge in [0.1, 0.15) is 6.61 Å². The van der Waals surface area contributed by atoms with Gasteiger partial charge in [0.15, 0.2) is 0 Å². The number of carbonyl (C=O) groups is 4. The number of imide groups is 1. The fraction of sp³-hybridized carbons (Fsp3) is 0.217. The van der Waals surface area contributed by atoms with Crippen LogP contribution in [0, 0.1) is 0 Å². The monoisotopic (exact) mass is 422 g/mol. The van der Waals surface area contributed by atoms with Gasteiger partial charge in [-0.3, -0.25) is 14.5 Å². The number of rotatable bonds is 8. The molecule has 1 aliphatic heterocycles. The van der Waals surface area contributed by atoms with Crippen molar-refractivity contribution in [3.63, 3.8) is 0 Å². The van der Waals surface area contributed by atoms with Gasteiger partial charge in [0.05, 0.1) is 24.3 Å². The topological polar surface area (TPSA) is 102 Å². The van der Waals surface area contributed by atoms with E-state index in [1.165, 1.54) is 13.2 Å². The average Bonchev–Trinajstić information content (AvgIpc) is 3.05. The third-order valence-corrected chi connectivity index (χ3v) is 4.73. The summed E-state index contributed by atoms with van der Waals surface area (Å²) in [4.78, 5) is 50.1. The van der Waals surface area contributed by atoms with E-state index in [9.17, 15) is 19.2 Å². The molecule has 1 N–H and O–H groups in total. The predicted molar refractivity (Wildman–Crippen MR) is 111 cm³/mol. The van der Waals surface area contributed by atoms with Crippen LogP contribution in [0.1, 0.15) is 32.7 Å². The summed E-state index contributed by atoms with van der Waals surface area (Å²) in [7, 11) is 1.23. The number of ether oxygens (including phenoxy) is 2. The number of carbonyl (C=O) groups excluding carboxylic acids is 4. The number of methoxy groups -OCH3 is 1. The van der Waals surface area contributed by atoms with E-state index in [-0.39, 0.29) is 19.6 Å². The molecule has 2 aromatic carbocycles. The zero-order chi connectivity index (χ0) is 22.2. The predicted octanol–water partition coefficient (Wildman–Crippen LogP) is 2.70. The van der Waals surface area contributed by atoms with Gasteiger partial charge >= 0.3 is 12.1 Å². The molecule has 8 nitrogen and oxygen atoms in total. The molecule has 160 valence electrons. The van der Waals surface area contributed by atoms with Gasteiger partial charge in [-0.05, 0) is 24.1 Å². The molecular weight excluding hydrogens is 400 g/mol. The molecule has 1 aliphatic rings. The van der Waals surface area contributed by atoms with Gasteiger partial charge in [0.25, 0.3) is 11.8 Å². The highest BCUT2D eigenvalue weighted by atomic mass is 16.5. The Morgan fingerprint density at radius 1 is 1.00 bits per heavy atom. The first-order valence-corrected chi connectivity index (χ1v) is 9.69.